The van der Waals surface area contributed by atoms with Crippen molar-refractivity contribution in [2.24, 2.45) is 0 Å². The van der Waals surface area contributed by atoms with Crippen LogP contribution in [-0.2, 0) is 6.54 Å². The SMILES string of the molecule is Cc1ccc(NCc2nc(C(=O)O)co2)c(C)c1. The molecule has 18 heavy (non-hydrogen) atoms. The van der Waals surface area contributed by atoms with Crippen molar-refractivity contribution in [3.8, 4) is 0 Å². The standard InChI is InChI=1S/C13H14N2O3/c1-8-3-4-10(9(2)5-8)14-6-12-15-11(7-18-12)13(16)17/h3-5,7,14H,6H2,1-2H3,(H,16,17). The summed E-state index contributed by atoms with van der Waals surface area (Å²) in [5, 5.41) is 11.9. The van der Waals surface area contributed by atoms with Gasteiger partial charge in [-0.25, -0.2) is 9.78 Å². The molecule has 0 unspecified atom stereocenters. The number of aromatic nitrogens is 1. The van der Waals surface area contributed by atoms with Crippen LogP contribution in [0.3, 0.4) is 0 Å². The Hall–Kier alpha value is -2.30. The predicted molar refractivity (Wildman–Crippen MR) is 66.7 cm³/mol. The highest BCUT2D eigenvalue weighted by Gasteiger charge is 2.10. The Bertz CT molecular complexity index is 575. The summed E-state index contributed by atoms with van der Waals surface area (Å²) in [6.07, 6.45) is 1.14. The Labute approximate surface area is 104 Å². The van der Waals surface area contributed by atoms with E-state index in [4.69, 9.17) is 9.52 Å². The molecular formula is C13H14N2O3. The summed E-state index contributed by atoms with van der Waals surface area (Å²) in [5.41, 5.74) is 3.23. The molecule has 0 atom stereocenters. The van der Waals surface area contributed by atoms with E-state index < -0.39 is 5.97 Å². The van der Waals surface area contributed by atoms with Crippen LogP contribution >= 0.6 is 0 Å². The van der Waals surface area contributed by atoms with E-state index in [0.717, 1.165) is 17.5 Å². The molecule has 2 aromatic rings. The molecule has 2 rings (SSSR count). The van der Waals surface area contributed by atoms with Crippen LogP contribution in [0.15, 0.2) is 28.9 Å². The van der Waals surface area contributed by atoms with Crippen LogP contribution in [0, 0.1) is 13.8 Å². The molecule has 0 bridgehead atoms. The Kier molecular flexibility index (Phi) is 3.32. The molecule has 2 N–H and O–H groups in total. The number of rotatable bonds is 4. The van der Waals surface area contributed by atoms with Crippen LogP contribution in [0.2, 0.25) is 0 Å². The smallest absolute Gasteiger partial charge is 0.357 e. The third-order valence-corrected chi connectivity index (χ3v) is 2.58. The zero-order valence-electron chi connectivity index (χ0n) is 10.2. The number of nitrogens with one attached hydrogen (secondary N) is 1. The molecule has 0 aliphatic rings. The average molecular weight is 246 g/mol. The highest BCUT2D eigenvalue weighted by molar-refractivity contribution is 5.84. The lowest BCUT2D eigenvalue weighted by molar-refractivity contribution is 0.0690. The fourth-order valence-electron chi connectivity index (χ4n) is 1.67. The van der Waals surface area contributed by atoms with E-state index in [0.29, 0.717) is 12.4 Å². The van der Waals surface area contributed by atoms with Gasteiger partial charge < -0.3 is 14.8 Å². The Morgan fingerprint density at radius 1 is 1.44 bits per heavy atom. The van der Waals surface area contributed by atoms with Gasteiger partial charge in [0.25, 0.3) is 0 Å². The van der Waals surface area contributed by atoms with Crippen LogP contribution in [0.1, 0.15) is 27.5 Å². The first kappa shape index (κ1) is 12.2. The van der Waals surface area contributed by atoms with Crippen molar-refractivity contribution in [1.29, 1.82) is 0 Å². The zero-order valence-corrected chi connectivity index (χ0v) is 10.2. The van der Waals surface area contributed by atoms with Crippen molar-refractivity contribution in [3.05, 3.63) is 47.2 Å². The average Bonchev–Trinajstić information content (AvgIpc) is 2.76. The molecule has 0 amide bonds. The number of hydrogen-bond acceptors (Lipinski definition) is 4. The largest absolute Gasteiger partial charge is 0.476 e. The Morgan fingerprint density at radius 3 is 2.83 bits per heavy atom. The molecule has 5 nitrogen and oxygen atoms in total. The summed E-state index contributed by atoms with van der Waals surface area (Å²) in [5.74, 6) is -0.733. The summed E-state index contributed by atoms with van der Waals surface area (Å²) in [4.78, 5) is 14.5. The van der Waals surface area contributed by atoms with Gasteiger partial charge in [0.1, 0.15) is 6.26 Å². The minimum atomic E-state index is -1.09. The van der Waals surface area contributed by atoms with Crippen LogP contribution in [0.5, 0.6) is 0 Å². The molecule has 1 heterocycles. The number of nitrogens with zero attached hydrogens (tertiary/aromatic N) is 1. The van der Waals surface area contributed by atoms with E-state index in [9.17, 15) is 4.79 Å². The lowest BCUT2D eigenvalue weighted by Gasteiger charge is -2.08. The number of oxazole rings is 1. The van der Waals surface area contributed by atoms with Crippen molar-refractivity contribution >= 4 is 11.7 Å². The molecule has 0 spiro atoms. The summed E-state index contributed by atoms with van der Waals surface area (Å²) >= 11 is 0. The lowest BCUT2D eigenvalue weighted by atomic mass is 10.1. The van der Waals surface area contributed by atoms with Crippen LogP contribution in [-0.4, -0.2) is 16.1 Å². The first-order chi connectivity index (χ1) is 8.56. The molecule has 94 valence electrons. The van der Waals surface area contributed by atoms with Gasteiger partial charge in [-0.1, -0.05) is 17.7 Å². The van der Waals surface area contributed by atoms with Crippen LogP contribution < -0.4 is 5.32 Å². The van der Waals surface area contributed by atoms with Crippen molar-refractivity contribution in [1.82, 2.24) is 4.98 Å². The third kappa shape index (κ3) is 2.68. The normalized spacial score (nSPS) is 10.3. The first-order valence-electron chi connectivity index (χ1n) is 5.55. The second-order valence-corrected chi connectivity index (χ2v) is 4.10. The quantitative estimate of drug-likeness (QED) is 0.867. The van der Waals surface area contributed by atoms with Crippen molar-refractivity contribution in [3.63, 3.8) is 0 Å². The summed E-state index contributed by atoms with van der Waals surface area (Å²) in [7, 11) is 0. The second-order valence-electron chi connectivity index (χ2n) is 4.10. The molecule has 5 heteroatoms. The summed E-state index contributed by atoms with van der Waals surface area (Å²) < 4.78 is 5.06. The highest BCUT2D eigenvalue weighted by Crippen LogP contribution is 2.16. The Balaban J connectivity index is 2.04. The number of aromatic carboxylic acids is 1. The number of benzene rings is 1. The lowest BCUT2D eigenvalue weighted by Crippen LogP contribution is -2.03. The minimum absolute atomic E-state index is 0.0765. The van der Waals surface area contributed by atoms with Gasteiger partial charge in [-0.2, -0.15) is 0 Å². The first-order valence-corrected chi connectivity index (χ1v) is 5.55. The maximum atomic E-state index is 10.6. The number of carboxylic acid groups (broad SMARTS) is 1. The summed E-state index contributed by atoms with van der Waals surface area (Å²) in [6, 6.07) is 6.06. The van der Waals surface area contributed by atoms with Gasteiger partial charge in [0, 0.05) is 5.69 Å². The van der Waals surface area contributed by atoms with Crippen molar-refractivity contribution in [2.75, 3.05) is 5.32 Å². The molecular weight excluding hydrogens is 232 g/mol. The molecule has 0 saturated heterocycles. The van der Waals surface area contributed by atoms with Gasteiger partial charge >= 0.3 is 5.97 Å². The monoisotopic (exact) mass is 246 g/mol. The zero-order chi connectivity index (χ0) is 13.1. The number of aryl methyl sites for hydroxylation is 2. The Morgan fingerprint density at radius 2 is 2.22 bits per heavy atom. The van der Waals surface area contributed by atoms with E-state index >= 15 is 0 Å². The maximum absolute atomic E-state index is 10.6. The summed E-state index contributed by atoms with van der Waals surface area (Å²) in [6.45, 7) is 4.40. The van der Waals surface area contributed by atoms with Crippen molar-refractivity contribution in [2.45, 2.75) is 20.4 Å². The number of carbonyl (C=O) groups is 1. The fraction of sp³-hybridized carbons (Fsp3) is 0.231. The highest BCUT2D eigenvalue weighted by atomic mass is 16.4. The molecule has 1 aromatic heterocycles. The van der Waals surface area contributed by atoms with Gasteiger partial charge in [0.2, 0.25) is 5.89 Å². The molecule has 0 aliphatic carbocycles. The second kappa shape index (κ2) is 4.91. The molecule has 0 saturated carbocycles. The minimum Gasteiger partial charge on any atom is -0.476 e. The maximum Gasteiger partial charge on any atom is 0.357 e. The third-order valence-electron chi connectivity index (χ3n) is 2.58. The number of carboxylic acids is 1. The van der Waals surface area contributed by atoms with E-state index in [1.807, 2.05) is 26.0 Å². The van der Waals surface area contributed by atoms with Gasteiger partial charge in [-0.3, -0.25) is 0 Å². The molecule has 0 fully saturated rings. The van der Waals surface area contributed by atoms with E-state index in [-0.39, 0.29) is 5.69 Å². The van der Waals surface area contributed by atoms with Gasteiger partial charge in [-0.05, 0) is 25.5 Å². The van der Waals surface area contributed by atoms with Gasteiger partial charge in [0.15, 0.2) is 5.69 Å². The van der Waals surface area contributed by atoms with Crippen LogP contribution in [0.4, 0.5) is 5.69 Å². The van der Waals surface area contributed by atoms with E-state index in [2.05, 4.69) is 16.4 Å². The van der Waals surface area contributed by atoms with Crippen LogP contribution in [0.25, 0.3) is 0 Å². The van der Waals surface area contributed by atoms with E-state index in [1.165, 1.54) is 5.56 Å². The van der Waals surface area contributed by atoms with Gasteiger partial charge in [-0.15, -0.1) is 0 Å². The molecule has 0 aliphatic heterocycles. The number of hydrogen-bond donors (Lipinski definition) is 2. The van der Waals surface area contributed by atoms with Gasteiger partial charge in [0.05, 0.1) is 6.54 Å². The number of anilines is 1. The topological polar surface area (TPSA) is 75.4 Å². The molecule has 1 aromatic carbocycles. The predicted octanol–water partition coefficient (Wildman–Crippen LogP) is 2.60. The van der Waals surface area contributed by atoms with Crippen molar-refractivity contribution < 1.29 is 14.3 Å². The molecule has 0 radical (unpaired) electrons. The fourth-order valence-corrected chi connectivity index (χ4v) is 1.67. The van der Waals surface area contributed by atoms with E-state index in [1.54, 1.807) is 0 Å².